The van der Waals surface area contributed by atoms with E-state index in [4.69, 9.17) is 9.15 Å². The van der Waals surface area contributed by atoms with Gasteiger partial charge in [-0.2, -0.15) is 0 Å². The molecule has 1 aromatic carbocycles. The second-order valence-corrected chi connectivity index (χ2v) is 5.63. The highest BCUT2D eigenvalue weighted by Crippen LogP contribution is 2.32. The maximum absolute atomic E-state index is 12.1. The van der Waals surface area contributed by atoms with Crippen LogP contribution >= 0.6 is 0 Å². The van der Waals surface area contributed by atoms with Crippen LogP contribution in [0.25, 0.3) is 0 Å². The van der Waals surface area contributed by atoms with E-state index in [1.165, 1.54) is 0 Å². The van der Waals surface area contributed by atoms with Crippen molar-refractivity contribution in [2.75, 3.05) is 11.5 Å². The molecule has 1 N–H and O–H groups in total. The predicted octanol–water partition coefficient (Wildman–Crippen LogP) is 2.34. The van der Waals surface area contributed by atoms with E-state index in [0.29, 0.717) is 17.2 Å². The second kappa shape index (κ2) is 6.16. The van der Waals surface area contributed by atoms with E-state index >= 15 is 0 Å². The van der Waals surface area contributed by atoms with Crippen molar-refractivity contribution in [3.63, 3.8) is 0 Å². The topological polar surface area (TPSA) is 71.8 Å². The van der Waals surface area contributed by atoms with Gasteiger partial charge in [-0.05, 0) is 38.1 Å². The number of rotatable bonds is 4. The molecule has 2 amide bonds. The number of hydrogen-bond acceptors (Lipinski definition) is 4. The summed E-state index contributed by atoms with van der Waals surface area (Å²) in [7, 11) is 0. The van der Waals surface area contributed by atoms with Crippen LogP contribution in [0.4, 0.5) is 5.69 Å². The number of nitrogens with zero attached hydrogens (tertiary/aromatic N) is 1. The summed E-state index contributed by atoms with van der Waals surface area (Å²) in [6.45, 7) is 4.02. The summed E-state index contributed by atoms with van der Waals surface area (Å²) in [6.07, 6.45) is 0. The van der Waals surface area contributed by atoms with Gasteiger partial charge < -0.3 is 14.5 Å². The average molecular weight is 314 g/mol. The maximum atomic E-state index is 12.1. The van der Waals surface area contributed by atoms with Gasteiger partial charge in [0.25, 0.3) is 11.8 Å². The van der Waals surface area contributed by atoms with E-state index in [-0.39, 0.29) is 36.8 Å². The first-order valence-electron chi connectivity index (χ1n) is 7.46. The number of carbonyl (C=O) groups is 2. The van der Waals surface area contributed by atoms with Gasteiger partial charge in [0.05, 0.1) is 12.2 Å². The Bertz CT molecular complexity index is 736. The summed E-state index contributed by atoms with van der Waals surface area (Å²) in [5.74, 6) is 1.04. The van der Waals surface area contributed by atoms with Crippen molar-refractivity contribution in [3.05, 3.63) is 47.9 Å². The fourth-order valence-electron chi connectivity index (χ4n) is 2.40. The molecular weight excluding hydrogens is 296 g/mol. The molecule has 1 aliphatic rings. The Labute approximate surface area is 134 Å². The molecule has 1 aliphatic heterocycles. The van der Waals surface area contributed by atoms with E-state index in [1.54, 1.807) is 17.0 Å². The van der Waals surface area contributed by atoms with Crippen LogP contribution < -0.4 is 15.0 Å². The highest BCUT2D eigenvalue weighted by Gasteiger charge is 2.26. The lowest BCUT2D eigenvalue weighted by molar-refractivity contribution is -0.121. The fourth-order valence-corrected chi connectivity index (χ4v) is 2.40. The molecule has 0 radical (unpaired) electrons. The predicted molar refractivity (Wildman–Crippen MR) is 84.4 cm³/mol. The van der Waals surface area contributed by atoms with E-state index < -0.39 is 0 Å². The van der Waals surface area contributed by atoms with Crippen molar-refractivity contribution in [2.24, 2.45) is 0 Å². The smallest absolute Gasteiger partial charge is 0.287 e. The molecule has 6 nitrogen and oxygen atoms in total. The first-order valence-corrected chi connectivity index (χ1v) is 7.46. The number of ether oxygens (including phenoxy) is 1. The molecule has 120 valence electrons. The number of nitrogens with one attached hydrogen (secondary N) is 1. The normalized spacial score (nSPS) is 13.7. The van der Waals surface area contributed by atoms with Gasteiger partial charge >= 0.3 is 0 Å². The van der Waals surface area contributed by atoms with Crippen molar-refractivity contribution in [1.82, 2.24) is 5.32 Å². The van der Waals surface area contributed by atoms with Crippen molar-refractivity contribution in [3.8, 4) is 5.75 Å². The van der Waals surface area contributed by atoms with Gasteiger partial charge in [-0.25, -0.2) is 0 Å². The number of hydrogen-bond donors (Lipinski definition) is 1. The van der Waals surface area contributed by atoms with Crippen LogP contribution in [-0.4, -0.2) is 24.5 Å². The molecule has 2 heterocycles. The van der Waals surface area contributed by atoms with E-state index in [9.17, 15) is 9.59 Å². The van der Waals surface area contributed by atoms with Gasteiger partial charge in [-0.1, -0.05) is 12.1 Å². The van der Waals surface area contributed by atoms with Gasteiger partial charge in [0.2, 0.25) is 0 Å². The Morgan fingerprint density at radius 3 is 2.83 bits per heavy atom. The summed E-state index contributed by atoms with van der Waals surface area (Å²) >= 11 is 0. The Hall–Kier alpha value is -2.76. The van der Waals surface area contributed by atoms with Crippen molar-refractivity contribution < 1.29 is 18.7 Å². The number of anilines is 1. The van der Waals surface area contributed by atoms with E-state index in [1.807, 2.05) is 38.1 Å². The minimum atomic E-state index is -0.264. The van der Waals surface area contributed by atoms with Crippen LogP contribution in [0.15, 0.2) is 40.8 Å². The number of carbonyl (C=O) groups excluding carboxylic acids is 2. The summed E-state index contributed by atoms with van der Waals surface area (Å²) in [6, 6.07) is 10.7. The van der Waals surface area contributed by atoms with Crippen molar-refractivity contribution in [2.45, 2.75) is 26.4 Å². The van der Waals surface area contributed by atoms with Crippen LogP contribution in [0.2, 0.25) is 0 Å². The van der Waals surface area contributed by atoms with Gasteiger partial charge in [0.15, 0.2) is 12.4 Å². The standard InChI is InChI=1S/C17H18N2O4/c1-11(2)18-17(21)15-8-7-12(23-15)9-19-13-5-3-4-6-14(13)22-10-16(19)20/h3-8,11H,9-10H2,1-2H3,(H,18,21). The molecular formula is C17H18N2O4. The molecule has 2 aromatic rings. The molecule has 0 bridgehead atoms. The van der Waals surface area contributed by atoms with E-state index in [0.717, 1.165) is 0 Å². The average Bonchev–Trinajstić information content (AvgIpc) is 2.98. The summed E-state index contributed by atoms with van der Waals surface area (Å²) in [5, 5.41) is 2.77. The Morgan fingerprint density at radius 2 is 2.04 bits per heavy atom. The van der Waals surface area contributed by atoms with Gasteiger partial charge in [0.1, 0.15) is 11.5 Å². The largest absolute Gasteiger partial charge is 0.482 e. The minimum absolute atomic E-state index is 0.00157. The third-order valence-corrected chi connectivity index (χ3v) is 3.43. The summed E-state index contributed by atoms with van der Waals surface area (Å²) in [4.78, 5) is 25.6. The zero-order chi connectivity index (χ0) is 16.4. The first-order chi connectivity index (χ1) is 11.0. The lowest BCUT2D eigenvalue weighted by Crippen LogP contribution is -2.38. The molecule has 0 saturated heterocycles. The summed E-state index contributed by atoms with van der Waals surface area (Å²) < 4.78 is 11.0. The van der Waals surface area contributed by atoms with Crippen LogP contribution in [0.3, 0.4) is 0 Å². The maximum Gasteiger partial charge on any atom is 0.287 e. The highest BCUT2D eigenvalue weighted by molar-refractivity contribution is 5.97. The molecule has 0 atom stereocenters. The second-order valence-electron chi connectivity index (χ2n) is 5.63. The Balaban J connectivity index is 1.79. The molecule has 3 rings (SSSR count). The first kappa shape index (κ1) is 15.1. The van der Waals surface area contributed by atoms with Crippen LogP contribution in [0.1, 0.15) is 30.2 Å². The molecule has 0 spiro atoms. The van der Waals surface area contributed by atoms with Gasteiger partial charge in [0, 0.05) is 6.04 Å². The molecule has 0 saturated carbocycles. The number of benzene rings is 1. The molecule has 0 fully saturated rings. The molecule has 0 aliphatic carbocycles. The lowest BCUT2D eigenvalue weighted by atomic mass is 10.2. The molecule has 0 unspecified atom stereocenters. The third kappa shape index (κ3) is 3.21. The Morgan fingerprint density at radius 1 is 1.26 bits per heavy atom. The monoisotopic (exact) mass is 314 g/mol. The molecule has 23 heavy (non-hydrogen) atoms. The quantitative estimate of drug-likeness (QED) is 0.940. The zero-order valence-electron chi connectivity index (χ0n) is 13.0. The minimum Gasteiger partial charge on any atom is -0.482 e. The van der Waals surface area contributed by atoms with E-state index in [2.05, 4.69) is 5.32 Å². The van der Waals surface area contributed by atoms with Crippen LogP contribution in [-0.2, 0) is 11.3 Å². The van der Waals surface area contributed by atoms with Crippen LogP contribution in [0.5, 0.6) is 5.75 Å². The number of furan rings is 1. The summed E-state index contributed by atoms with van der Waals surface area (Å²) in [5.41, 5.74) is 0.702. The zero-order valence-corrected chi connectivity index (χ0v) is 13.0. The fraction of sp³-hybridized carbons (Fsp3) is 0.294. The lowest BCUT2D eigenvalue weighted by Gasteiger charge is -2.28. The highest BCUT2D eigenvalue weighted by atomic mass is 16.5. The van der Waals surface area contributed by atoms with Gasteiger partial charge in [-0.15, -0.1) is 0 Å². The number of para-hydroxylation sites is 2. The SMILES string of the molecule is CC(C)NC(=O)c1ccc(CN2C(=O)COc3ccccc32)o1. The third-order valence-electron chi connectivity index (χ3n) is 3.43. The molecule has 6 heteroatoms. The number of fused-ring (bicyclic) bond motifs is 1. The van der Waals surface area contributed by atoms with Crippen LogP contribution in [0, 0.1) is 0 Å². The molecule has 1 aromatic heterocycles. The van der Waals surface area contributed by atoms with Gasteiger partial charge in [-0.3, -0.25) is 14.5 Å². The van der Waals surface area contributed by atoms with Crippen molar-refractivity contribution in [1.29, 1.82) is 0 Å². The number of amides is 2. The van der Waals surface area contributed by atoms with Crippen molar-refractivity contribution >= 4 is 17.5 Å². The Kier molecular flexibility index (Phi) is 4.06.